The first-order valence-corrected chi connectivity index (χ1v) is 9.29. The summed E-state index contributed by atoms with van der Waals surface area (Å²) in [7, 11) is 1.66. The largest absolute Gasteiger partial charge is 0.434 e. The van der Waals surface area contributed by atoms with E-state index < -0.39 is 6.61 Å². The molecule has 2 aromatic rings. The van der Waals surface area contributed by atoms with Crippen LogP contribution in [0.3, 0.4) is 0 Å². The lowest BCUT2D eigenvalue weighted by molar-refractivity contribution is -0.0504. The maximum absolute atomic E-state index is 12.5. The molecule has 0 radical (unpaired) electrons. The van der Waals surface area contributed by atoms with Crippen molar-refractivity contribution in [3.8, 4) is 5.75 Å². The zero-order valence-corrected chi connectivity index (χ0v) is 15.9. The van der Waals surface area contributed by atoms with Crippen molar-refractivity contribution in [1.29, 1.82) is 0 Å². The Morgan fingerprint density at radius 2 is 2.04 bits per heavy atom. The van der Waals surface area contributed by atoms with Crippen molar-refractivity contribution < 1.29 is 13.5 Å². The Hall–Kier alpha value is -2.22. The van der Waals surface area contributed by atoms with Crippen LogP contribution in [0.5, 0.6) is 5.75 Å². The fourth-order valence-electron chi connectivity index (χ4n) is 2.27. The van der Waals surface area contributed by atoms with Crippen LogP contribution in [0.1, 0.15) is 36.0 Å². The number of alkyl halides is 2. The molecule has 0 unspecified atom stereocenters. The lowest BCUT2D eigenvalue weighted by Gasteiger charge is -2.14. The molecule has 0 fully saturated rings. The number of halogens is 2. The van der Waals surface area contributed by atoms with Gasteiger partial charge in [-0.15, -0.1) is 11.3 Å². The van der Waals surface area contributed by atoms with Crippen LogP contribution in [-0.4, -0.2) is 31.1 Å². The normalized spacial score (nSPS) is 11.9. The van der Waals surface area contributed by atoms with Gasteiger partial charge in [0.25, 0.3) is 0 Å². The van der Waals surface area contributed by atoms with Gasteiger partial charge in [0.05, 0.1) is 10.7 Å². The van der Waals surface area contributed by atoms with Crippen molar-refractivity contribution in [3.05, 3.63) is 45.9 Å². The highest BCUT2D eigenvalue weighted by atomic mass is 32.1. The second kappa shape index (κ2) is 10.1. The van der Waals surface area contributed by atoms with E-state index in [1.807, 2.05) is 0 Å². The number of aliphatic imine (C=N–C) groups is 1. The fraction of sp³-hybridized carbons (Fsp3) is 0.444. The van der Waals surface area contributed by atoms with Gasteiger partial charge in [-0.2, -0.15) is 8.78 Å². The van der Waals surface area contributed by atoms with Crippen LogP contribution in [0, 0.1) is 0 Å². The number of rotatable bonds is 8. The van der Waals surface area contributed by atoms with Crippen LogP contribution in [0.4, 0.5) is 8.78 Å². The first-order chi connectivity index (χ1) is 12.5. The maximum Gasteiger partial charge on any atom is 0.387 e. The van der Waals surface area contributed by atoms with E-state index in [1.165, 1.54) is 6.07 Å². The van der Waals surface area contributed by atoms with E-state index >= 15 is 0 Å². The van der Waals surface area contributed by atoms with Crippen LogP contribution in [-0.2, 0) is 13.0 Å². The Morgan fingerprint density at radius 1 is 1.27 bits per heavy atom. The molecule has 0 amide bonds. The molecule has 2 N–H and O–H groups in total. The summed E-state index contributed by atoms with van der Waals surface area (Å²) in [6.07, 6.45) is 0.787. The molecule has 0 aliphatic rings. The van der Waals surface area contributed by atoms with Gasteiger partial charge in [0, 0.05) is 43.4 Å². The average Bonchev–Trinajstić information content (AvgIpc) is 3.08. The Morgan fingerprint density at radius 3 is 2.69 bits per heavy atom. The second-order valence-corrected chi connectivity index (χ2v) is 6.81. The van der Waals surface area contributed by atoms with Gasteiger partial charge in [0.2, 0.25) is 0 Å². The topological polar surface area (TPSA) is 58.5 Å². The summed E-state index contributed by atoms with van der Waals surface area (Å²) in [5.41, 5.74) is 1.69. The summed E-state index contributed by atoms with van der Waals surface area (Å²) in [5, 5.41) is 9.52. The summed E-state index contributed by atoms with van der Waals surface area (Å²) in [4.78, 5) is 8.74. The molecule has 2 rings (SSSR count). The Balaban J connectivity index is 1.82. The van der Waals surface area contributed by atoms with Crippen LogP contribution in [0.2, 0.25) is 0 Å². The van der Waals surface area contributed by atoms with E-state index in [4.69, 9.17) is 0 Å². The van der Waals surface area contributed by atoms with E-state index in [0.29, 0.717) is 30.5 Å². The van der Waals surface area contributed by atoms with Crippen molar-refractivity contribution in [1.82, 2.24) is 15.6 Å². The molecule has 0 saturated heterocycles. The third-order valence-electron chi connectivity index (χ3n) is 3.60. The number of ether oxygens (including phenoxy) is 1. The molecule has 142 valence electrons. The average molecular weight is 382 g/mol. The summed E-state index contributed by atoms with van der Waals surface area (Å²) in [6.45, 7) is 2.42. The predicted molar refractivity (Wildman–Crippen MR) is 101 cm³/mol. The third kappa shape index (κ3) is 6.25. The van der Waals surface area contributed by atoms with Gasteiger partial charge in [-0.05, 0) is 6.07 Å². The molecule has 1 heterocycles. The highest BCUT2D eigenvalue weighted by Gasteiger charge is 2.10. The Kier molecular flexibility index (Phi) is 7.77. The minimum atomic E-state index is -2.84. The van der Waals surface area contributed by atoms with Gasteiger partial charge in [-0.1, -0.05) is 32.0 Å². The molecular weight excluding hydrogens is 358 g/mol. The number of hydrogen-bond donors (Lipinski definition) is 2. The molecule has 0 aliphatic carbocycles. The minimum Gasteiger partial charge on any atom is -0.434 e. The Labute approximate surface area is 156 Å². The van der Waals surface area contributed by atoms with Gasteiger partial charge < -0.3 is 15.4 Å². The number of guanidine groups is 1. The second-order valence-electron chi connectivity index (χ2n) is 5.92. The number of thiazole rings is 1. The van der Waals surface area contributed by atoms with E-state index in [-0.39, 0.29) is 5.75 Å². The smallest absolute Gasteiger partial charge is 0.387 e. The van der Waals surface area contributed by atoms with E-state index in [1.54, 1.807) is 36.6 Å². The zero-order chi connectivity index (χ0) is 18.9. The number of benzene rings is 1. The molecular formula is C18H24F2N4OS. The van der Waals surface area contributed by atoms with E-state index in [0.717, 1.165) is 17.1 Å². The molecule has 5 nitrogen and oxygen atoms in total. The lowest BCUT2D eigenvalue weighted by Crippen LogP contribution is -2.38. The van der Waals surface area contributed by atoms with Gasteiger partial charge in [0.15, 0.2) is 5.96 Å². The summed E-state index contributed by atoms with van der Waals surface area (Å²) in [5.74, 6) is 1.19. The number of nitrogens with zero attached hydrogens (tertiary/aromatic N) is 2. The van der Waals surface area contributed by atoms with E-state index in [9.17, 15) is 8.78 Å². The van der Waals surface area contributed by atoms with Crippen LogP contribution in [0.15, 0.2) is 34.6 Å². The van der Waals surface area contributed by atoms with Crippen molar-refractivity contribution in [2.75, 3.05) is 13.6 Å². The third-order valence-corrected chi connectivity index (χ3v) is 4.79. The molecule has 26 heavy (non-hydrogen) atoms. The summed E-state index contributed by atoms with van der Waals surface area (Å²) >= 11 is 1.68. The molecule has 0 bridgehead atoms. The van der Waals surface area contributed by atoms with Crippen LogP contribution < -0.4 is 15.4 Å². The van der Waals surface area contributed by atoms with Crippen LogP contribution in [0.25, 0.3) is 0 Å². The minimum absolute atomic E-state index is 0.161. The first-order valence-electron chi connectivity index (χ1n) is 8.41. The molecule has 0 saturated carbocycles. The van der Waals surface area contributed by atoms with E-state index in [2.05, 4.69) is 44.6 Å². The molecule has 0 aliphatic heterocycles. The predicted octanol–water partition coefficient (Wildman–Crippen LogP) is 3.78. The Bertz CT molecular complexity index is 719. The number of hydrogen-bond acceptors (Lipinski definition) is 4. The number of para-hydroxylation sites is 1. The molecule has 1 aromatic carbocycles. The summed E-state index contributed by atoms with van der Waals surface area (Å²) < 4.78 is 29.5. The SMILES string of the molecule is CN=C(NCCc1csc(C(C)C)n1)NCc1ccccc1OC(F)F. The fourth-order valence-corrected chi connectivity index (χ4v) is 3.14. The van der Waals surface area contributed by atoms with Crippen molar-refractivity contribution >= 4 is 17.3 Å². The highest BCUT2D eigenvalue weighted by molar-refractivity contribution is 7.09. The molecule has 0 atom stereocenters. The monoisotopic (exact) mass is 382 g/mol. The van der Waals surface area contributed by atoms with Gasteiger partial charge in [-0.3, -0.25) is 4.99 Å². The molecule has 0 spiro atoms. The molecule has 8 heteroatoms. The first kappa shape index (κ1) is 20.1. The quantitative estimate of drug-likeness (QED) is 0.539. The van der Waals surface area contributed by atoms with Crippen LogP contribution >= 0.6 is 11.3 Å². The standard InChI is InChI=1S/C18H24F2N4OS/c1-12(2)16-24-14(11-26-16)8-9-22-18(21-3)23-10-13-6-4-5-7-15(13)25-17(19)20/h4-7,11-12,17H,8-10H2,1-3H3,(H2,21,22,23). The molecule has 1 aromatic heterocycles. The number of nitrogens with one attached hydrogen (secondary N) is 2. The van der Waals surface area contributed by atoms with Gasteiger partial charge in [0.1, 0.15) is 5.75 Å². The summed E-state index contributed by atoms with van der Waals surface area (Å²) in [6, 6.07) is 6.70. The van der Waals surface area contributed by atoms with Gasteiger partial charge >= 0.3 is 6.61 Å². The highest BCUT2D eigenvalue weighted by Crippen LogP contribution is 2.20. The zero-order valence-electron chi connectivity index (χ0n) is 15.1. The van der Waals surface area contributed by atoms with Crippen molar-refractivity contribution in [3.63, 3.8) is 0 Å². The van der Waals surface area contributed by atoms with Gasteiger partial charge in [-0.25, -0.2) is 4.98 Å². The number of aromatic nitrogens is 1. The maximum atomic E-state index is 12.5. The van der Waals surface area contributed by atoms with Crippen molar-refractivity contribution in [2.24, 2.45) is 4.99 Å². The lowest BCUT2D eigenvalue weighted by atomic mass is 10.2. The van der Waals surface area contributed by atoms with Crippen molar-refractivity contribution in [2.45, 2.75) is 39.3 Å².